The van der Waals surface area contributed by atoms with Gasteiger partial charge in [0, 0.05) is 25.7 Å². The number of benzene rings is 2. The summed E-state index contributed by atoms with van der Waals surface area (Å²) in [5, 5.41) is 0. The average molecular weight is 581 g/mol. The van der Waals surface area contributed by atoms with Crippen molar-refractivity contribution in [2.45, 2.75) is 76.3 Å². The topological polar surface area (TPSA) is 97.5 Å². The van der Waals surface area contributed by atoms with Crippen LogP contribution in [-0.4, -0.2) is 91.9 Å². The zero-order valence-electron chi connectivity index (χ0n) is 26.6. The van der Waals surface area contributed by atoms with Crippen LogP contribution in [0.3, 0.4) is 0 Å². The zero-order valence-corrected chi connectivity index (χ0v) is 26.6. The van der Waals surface area contributed by atoms with Gasteiger partial charge in [-0.3, -0.25) is 19.2 Å². The van der Waals surface area contributed by atoms with E-state index in [1.165, 1.54) is 0 Å². The van der Waals surface area contributed by atoms with E-state index in [1.54, 1.807) is 0 Å². The number of carbonyl (C=O) groups excluding carboxylic acids is 4. The summed E-state index contributed by atoms with van der Waals surface area (Å²) in [5.74, 6) is -1.61. The van der Waals surface area contributed by atoms with Gasteiger partial charge in [0.15, 0.2) is 12.1 Å². The second-order valence-corrected chi connectivity index (χ2v) is 13.1. The van der Waals surface area contributed by atoms with Crippen molar-refractivity contribution in [2.24, 2.45) is 5.73 Å². The normalized spacial score (nSPS) is 13.3. The van der Waals surface area contributed by atoms with Gasteiger partial charge in [-0.2, -0.15) is 0 Å². The summed E-state index contributed by atoms with van der Waals surface area (Å²) < 4.78 is 0.563. The largest absolute Gasteiger partial charge is 0.370 e. The molecule has 0 heterocycles. The van der Waals surface area contributed by atoms with Gasteiger partial charge in [-0.05, 0) is 24.0 Å². The van der Waals surface area contributed by atoms with E-state index >= 15 is 0 Å². The molecule has 0 aliphatic heterocycles. The molecule has 2 N–H and O–H groups in total. The molecule has 0 unspecified atom stereocenters. The van der Waals surface area contributed by atoms with Gasteiger partial charge in [-0.15, -0.1) is 0 Å². The van der Waals surface area contributed by atoms with E-state index in [-0.39, 0.29) is 21.3 Å². The highest BCUT2D eigenvalue weighted by atomic mass is 16.2. The molecule has 2 aromatic rings. The van der Waals surface area contributed by atoms with Crippen LogP contribution in [0.2, 0.25) is 0 Å². The number of nitrogens with zero attached hydrogens (tertiary/aromatic N) is 3. The Morgan fingerprint density at radius 1 is 0.595 bits per heavy atom. The summed E-state index contributed by atoms with van der Waals surface area (Å²) in [4.78, 5) is 54.4. The third kappa shape index (κ3) is 11.5. The number of imide groups is 3. The van der Waals surface area contributed by atoms with Crippen LogP contribution >= 0.6 is 0 Å². The van der Waals surface area contributed by atoms with E-state index in [4.69, 9.17) is 5.73 Å². The summed E-state index contributed by atoms with van der Waals surface area (Å²) in [5.41, 5.74) is 7.17. The molecular weight excluding hydrogens is 528 g/mol. The number of unbranched alkanes of at least 4 members (excludes halogenated alkanes) is 5. The Hall–Kier alpha value is -3.36. The second-order valence-electron chi connectivity index (χ2n) is 13.1. The number of quaternary nitrogens is 2. The molecule has 0 saturated heterocycles. The molecule has 2 rings (SSSR count). The van der Waals surface area contributed by atoms with Crippen LogP contribution < -0.4 is 5.73 Å². The maximum Gasteiger partial charge on any atom is 0.294 e. The summed E-state index contributed by atoms with van der Waals surface area (Å²) in [6.45, 7) is 0. The lowest BCUT2D eigenvalue weighted by Gasteiger charge is -2.38. The van der Waals surface area contributed by atoms with Gasteiger partial charge in [0.1, 0.15) is 0 Å². The van der Waals surface area contributed by atoms with Crippen LogP contribution in [0.15, 0.2) is 60.7 Å². The van der Waals surface area contributed by atoms with Gasteiger partial charge >= 0.3 is 0 Å². The van der Waals surface area contributed by atoms with Crippen molar-refractivity contribution in [2.75, 3.05) is 42.3 Å². The molecule has 2 atom stereocenters. The number of nitrogens with two attached hydrogens (primary N) is 1. The molecule has 8 heteroatoms. The summed E-state index contributed by atoms with van der Waals surface area (Å²) in [6, 6.07) is 18.2. The number of hydrogen-bond donors (Lipinski definition) is 1. The molecule has 0 bridgehead atoms. The third-order valence-electron chi connectivity index (χ3n) is 7.74. The molecule has 230 valence electrons. The molecule has 0 aliphatic carbocycles. The molecule has 2 aromatic carbocycles. The fourth-order valence-corrected chi connectivity index (χ4v) is 5.11. The molecule has 0 aliphatic rings. The van der Waals surface area contributed by atoms with Crippen molar-refractivity contribution in [3.8, 4) is 0 Å². The monoisotopic (exact) mass is 580 g/mol. The van der Waals surface area contributed by atoms with Crippen molar-refractivity contribution >= 4 is 23.6 Å². The smallest absolute Gasteiger partial charge is 0.294 e. The number of hydrogen-bond acceptors (Lipinski definition) is 4. The Bertz CT molecular complexity index is 1080. The Morgan fingerprint density at radius 3 is 1.31 bits per heavy atom. The van der Waals surface area contributed by atoms with E-state index in [1.807, 2.05) is 103 Å². The van der Waals surface area contributed by atoms with Gasteiger partial charge in [0.05, 0.1) is 42.3 Å². The first kappa shape index (κ1) is 34.8. The molecule has 8 nitrogen and oxygen atoms in total. The molecule has 4 amide bonds. The minimum Gasteiger partial charge on any atom is -0.370 e. The highest BCUT2D eigenvalue weighted by molar-refractivity contribution is 6.13. The lowest BCUT2D eigenvalue weighted by Crippen LogP contribution is -2.63. The molecule has 42 heavy (non-hydrogen) atoms. The molecular formula is C34H52N4O4+2. The van der Waals surface area contributed by atoms with E-state index in [0.29, 0.717) is 25.7 Å². The lowest BCUT2D eigenvalue weighted by atomic mass is 9.99. The van der Waals surface area contributed by atoms with E-state index in [2.05, 4.69) is 0 Å². The molecule has 0 aromatic heterocycles. The Labute approximate surface area is 252 Å². The summed E-state index contributed by atoms with van der Waals surface area (Å²) in [7, 11) is 11.6. The molecule has 0 saturated carbocycles. The Morgan fingerprint density at radius 2 is 0.952 bits per heavy atom. The molecule has 0 spiro atoms. The number of primary amides is 1. The van der Waals surface area contributed by atoms with Crippen LogP contribution in [0, 0.1) is 0 Å². The first-order chi connectivity index (χ1) is 19.7. The predicted octanol–water partition coefficient (Wildman–Crippen LogP) is 4.11. The predicted molar refractivity (Wildman–Crippen MR) is 167 cm³/mol. The van der Waals surface area contributed by atoms with Crippen molar-refractivity contribution in [1.82, 2.24) is 4.90 Å². The van der Waals surface area contributed by atoms with Crippen molar-refractivity contribution in [3.05, 3.63) is 71.8 Å². The third-order valence-corrected chi connectivity index (χ3v) is 7.74. The minimum absolute atomic E-state index is 0.128. The minimum atomic E-state index is -0.615. The van der Waals surface area contributed by atoms with Crippen molar-refractivity contribution in [3.63, 3.8) is 0 Å². The van der Waals surface area contributed by atoms with Gasteiger partial charge < -0.3 is 14.7 Å². The van der Waals surface area contributed by atoms with Gasteiger partial charge in [0.2, 0.25) is 11.8 Å². The van der Waals surface area contributed by atoms with Crippen LogP contribution in [0.4, 0.5) is 0 Å². The Balaban J connectivity index is 2.31. The summed E-state index contributed by atoms with van der Waals surface area (Å²) >= 11 is 0. The highest BCUT2D eigenvalue weighted by Crippen LogP contribution is 2.21. The van der Waals surface area contributed by atoms with E-state index in [0.717, 1.165) is 48.1 Å². The fourth-order valence-electron chi connectivity index (χ4n) is 5.11. The first-order valence-corrected chi connectivity index (χ1v) is 15.1. The highest BCUT2D eigenvalue weighted by Gasteiger charge is 2.45. The lowest BCUT2D eigenvalue weighted by molar-refractivity contribution is -0.887. The van der Waals surface area contributed by atoms with Crippen molar-refractivity contribution < 1.29 is 28.1 Å². The van der Waals surface area contributed by atoms with Crippen molar-refractivity contribution in [1.29, 1.82) is 0 Å². The summed E-state index contributed by atoms with van der Waals surface area (Å²) in [6.07, 6.45) is 6.30. The average Bonchev–Trinajstić information content (AvgIpc) is 2.91. The second kappa shape index (κ2) is 16.3. The molecule has 0 radical (unpaired) electrons. The first-order valence-electron chi connectivity index (χ1n) is 15.1. The van der Waals surface area contributed by atoms with Crippen LogP contribution in [0.5, 0.6) is 0 Å². The van der Waals surface area contributed by atoms with Gasteiger partial charge in [-0.25, -0.2) is 4.90 Å². The van der Waals surface area contributed by atoms with Crippen LogP contribution in [0.25, 0.3) is 0 Å². The maximum absolute atomic E-state index is 14.3. The quantitative estimate of drug-likeness (QED) is 0.225. The number of likely N-dealkylation sites (N-methyl/N-ethyl adjacent to an activating group) is 2. The van der Waals surface area contributed by atoms with Crippen LogP contribution in [-0.2, 0) is 32.0 Å². The number of carbonyl (C=O) groups is 4. The van der Waals surface area contributed by atoms with Gasteiger partial charge in [0.25, 0.3) is 11.8 Å². The van der Waals surface area contributed by atoms with Crippen LogP contribution in [0.1, 0.15) is 62.5 Å². The number of amides is 4. The Kier molecular flexibility index (Phi) is 13.5. The van der Waals surface area contributed by atoms with Gasteiger partial charge in [-0.1, -0.05) is 86.3 Å². The maximum atomic E-state index is 14.3. The van der Waals surface area contributed by atoms with E-state index < -0.39 is 29.8 Å². The fraction of sp³-hybridized carbons (Fsp3) is 0.529. The molecule has 0 fully saturated rings. The zero-order chi connectivity index (χ0) is 31.3. The van der Waals surface area contributed by atoms with E-state index in [9.17, 15) is 19.2 Å². The standard InChI is InChI=1S/C34H51N4O4/c1-37(2,3)29(25-27-19-13-11-14-20-27)33(41)36(32(40)24-18-10-8-7-9-17-23-31(35)39)34(42)30(38(4,5)6)26-28-21-15-12-16-22-28/h11-16,19-22,29-30H,7-10,17-18,23-26H2,1-6H3,(H-,35,39)/q+1/p+1/t29-,30-/m0/s1. The SMILES string of the molecule is C[N+](C)(C)[C@@H](Cc1ccccc1)C(=O)N(C(=O)CCCCCCCCC(N)=O)C(=O)[C@H](Cc1ccccc1)[N+](C)(C)C. The number of rotatable bonds is 17.